The number of aromatic nitrogens is 1. The van der Waals surface area contributed by atoms with Crippen molar-refractivity contribution in [1.29, 1.82) is 5.41 Å². The van der Waals surface area contributed by atoms with Crippen molar-refractivity contribution >= 4 is 29.5 Å². The molecule has 11 heteroatoms. The number of hydrogen-bond acceptors (Lipinski definition) is 5. The van der Waals surface area contributed by atoms with Crippen molar-refractivity contribution in [1.82, 2.24) is 16.0 Å². The zero-order valence-corrected chi connectivity index (χ0v) is 23.1. The van der Waals surface area contributed by atoms with E-state index in [1.165, 1.54) is 6.92 Å². The average molecular weight is 551 g/mol. The van der Waals surface area contributed by atoms with E-state index in [0.717, 1.165) is 43.2 Å². The molecule has 0 saturated heterocycles. The van der Waals surface area contributed by atoms with Crippen LogP contribution in [0.15, 0.2) is 48.8 Å². The lowest BCUT2D eigenvalue weighted by Gasteiger charge is -2.32. The van der Waals surface area contributed by atoms with Crippen LogP contribution in [0.3, 0.4) is 0 Å². The third kappa shape index (κ3) is 8.89. The van der Waals surface area contributed by atoms with Crippen molar-refractivity contribution in [3.05, 3.63) is 65.5 Å². The molecule has 0 radical (unpaired) electrons. The van der Waals surface area contributed by atoms with Crippen molar-refractivity contribution < 1.29 is 23.7 Å². The molecule has 1 unspecified atom stereocenters. The molecule has 3 atom stereocenters. The van der Waals surface area contributed by atoms with Crippen LogP contribution in [0.2, 0.25) is 0 Å². The summed E-state index contributed by atoms with van der Waals surface area (Å²) in [6.45, 7) is 1.32. The number of nitrogens with zero attached hydrogens (tertiary/aromatic N) is 1. The van der Waals surface area contributed by atoms with Crippen LogP contribution in [0, 0.1) is 11.3 Å². The SMILES string of the molecule is CC(=O)N[C@@H](Cc1ccc(C(=N)N)cc1)C(=O)NC(C(=O)N[C@@H](Cc1ccc[n+](C)c1)C(N)=O)C1CCCCC1. The van der Waals surface area contributed by atoms with E-state index in [2.05, 4.69) is 16.0 Å². The van der Waals surface area contributed by atoms with Crippen LogP contribution in [-0.2, 0) is 39.1 Å². The standard InChI is InChI=1S/C29H39N7O4/c1-18(37)33-24(15-19-10-12-22(13-11-19)26(30)31)28(39)35-25(21-8-4-3-5-9-21)29(40)34-23(27(32)38)16-20-7-6-14-36(2)17-20/h6-7,10-14,17,21,23-25H,3-5,8-9,15-16H2,1-2H3,(H7-,30,31,32,33,34,35,37,38,39,40)/p+1/t23-,24-,25?/m0/s1. The van der Waals surface area contributed by atoms with Gasteiger partial charge in [0.1, 0.15) is 31.0 Å². The van der Waals surface area contributed by atoms with Gasteiger partial charge in [0.05, 0.1) is 0 Å². The molecule has 0 aliphatic heterocycles. The van der Waals surface area contributed by atoms with Crippen molar-refractivity contribution in [2.45, 2.75) is 70.0 Å². The predicted octanol–water partition coefficient (Wildman–Crippen LogP) is 0.120. The number of aryl methyl sites for hydroxylation is 1. The summed E-state index contributed by atoms with van der Waals surface area (Å²) in [6, 6.07) is 7.75. The third-order valence-corrected chi connectivity index (χ3v) is 7.20. The molecule has 11 nitrogen and oxygen atoms in total. The molecule has 1 heterocycles. The first-order chi connectivity index (χ1) is 19.0. The van der Waals surface area contributed by atoms with Crippen LogP contribution in [0.5, 0.6) is 0 Å². The lowest BCUT2D eigenvalue weighted by atomic mass is 9.83. The smallest absolute Gasteiger partial charge is 0.243 e. The molecule has 1 fully saturated rings. The monoisotopic (exact) mass is 550 g/mol. The van der Waals surface area contributed by atoms with Gasteiger partial charge >= 0.3 is 0 Å². The average Bonchev–Trinajstić information content (AvgIpc) is 2.91. The summed E-state index contributed by atoms with van der Waals surface area (Å²) >= 11 is 0. The van der Waals surface area contributed by atoms with Crippen LogP contribution in [-0.4, -0.2) is 47.6 Å². The summed E-state index contributed by atoms with van der Waals surface area (Å²) in [5.74, 6) is -2.21. The number of carbonyl (C=O) groups is 4. The number of amides is 4. The molecule has 0 bridgehead atoms. The van der Waals surface area contributed by atoms with Crippen molar-refractivity contribution in [3.63, 3.8) is 0 Å². The summed E-state index contributed by atoms with van der Waals surface area (Å²) in [5, 5.41) is 15.9. The fraction of sp³-hybridized carbons (Fsp3) is 0.448. The maximum absolute atomic E-state index is 13.6. The second kappa shape index (κ2) is 14.2. The highest BCUT2D eigenvalue weighted by Crippen LogP contribution is 2.27. The zero-order chi connectivity index (χ0) is 29.2. The van der Waals surface area contributed by atoms with Gasteiger partial charge in [-0.2, -0.15) is 0 Å². The second-order valence-corrected chi connectivity index (χ2v) is 10.5. The number of nitrogen functional groups attached to an aromatic ring is 1. The lowest BCUT2D eigenvalue weighted by molar-refractivity contribution is -0.671. The van der Waals surface area contributed by atoms with Gasteiger partial charge in [-0.15, -0.1) is 0 Å². The van der Waals surface area contributed by atoms with Crippen LogP contribution < -0.4 is 32.0 Å². The van der Waals surface area contributed by atoms with Crippen molar-refractivity contribution in [2.24, 2.45) is 24.4 Å². The summed E-state index contributed by atoms with van der Waals surface area (Å²) in [5.41, 5.74) is 13.3. The van der Waals surface area contributed by atoms with Gasteiger partial charge in [0, 0.05) is 37.0 Å². The number of amidine groups is 1. The van der Waals surface area contributed by atoms with Gasteiger partial charge in [-0.05, 0) is 30.4 Å². The number of nitrogens with one attached hydrogen (secondary N) is 4. The first kappa shape index (κ1) is 30.3. The summed E-state index contributed by atoms with van der Waals surface area (Å²) < 4.78 is 1.84. The molecule has 0 spiro atoms. The van der Waals surface area contributed by atoms with Gasteiger partial charge in [-0.1, -0.05) is 43.5 Å². The Morgan fingerprint density at radius 2 is 1.55 bits per heavy atom. The second-order valence-electron chi connectivity index (χ2n) is 10.5. The fourth-order valence-electron chi connectivity index (χ4n) is 5.12. The molecule has 3 rings (SSSR count). The van der Waals surface area contributed by atoms with Gasteiger partial charge < -0.3 is 27.4 Å². The number of hydrogen-bond donors (Lipinski definition) is 6. The first-order valence-corrected chi connectivity index (χ1v) is 13.6. The summed E-state index contributed by atoms with van der Waals surface area (Å²) in [7, 11) is 1.86. The Kier molecular flexibility index (Phi) is 10.7. The van der Waals surface area contributed by atoms with E-state index in [1.54, 1.807) is 24.3 Å². The molecule has 214 valence electrons. The minimum atomic E-state index is -0.955. The number of carbonyl (C=O) groups excluding carboxylic acids is 4. The van der Waals surface area contributed by atoms with E-state index in [4.69, 9.17) is 16.9 Å². The highest BCUT2D eigenvalue weighted by Gasteiger charge is 2.35. The van der Waals surface area contributed by atoms with Crippen molar-refractivity contribution in [3.8, 4) is 0 Å². The maximum atomic E-state index is 13.6. The number of nitrogens with two attached hydrogens (primary N) is 2. The highest BCUT2D eigenvalue weighted by molar-refractivity contribution is 5.95. The van der Waals surface area contributed by atoms with Crippen LogP contribution in [0.4, 0.5) is 0 Å². The molecule has 1 aromatic heterocycles. The lowest BCUT2D eigenvalue weighted by Crippen LogP contribution is -2.59. The summed E-state index contributed by atoms with van der Waals surface area (Å²) in [4.78, 5) is 51.4. The number of benzene rings is 1. The molecule has 40 heavy (non-hydrogen) atoms. The Balaban J connectivity index is 1.79. The molecule has 1 aromatic carbocycles. The Morgan fingerprint density at radius 3 is 2.12 bits per heavy atom. The molecular weight excluding hydrogens is 510 g/mol. The Hall–Kier alpha value is -4.28. The number of rotatable bonds is 12. The first-order valence-electron chi connectivity index (χ1n) is 13.6. The minimum Gasteiger partial charge on any atom is -0.384 e. The Bertz CT molecular complexity index is 1230. The van der Waals surface area contributed by atoms with Gasteiger partial charge in [0.15, 0.2) is 12.4 Å². The number of primary amides is 1. The predicted molar refractivity (Wildman–Crippen MR) is 150 cm³/mol. The minimum absolute atomic E-state index is 0.0699. The van der Waals surface area contributed by atoms with Gasteiger partial charge in [0.25, 0.3) is 0 Å². The van der Waals surface area contributed by atoms with E-state index in [-0.39, 0.29) is 30.5 Å². The Morgan fingerprint density at radius 1 is 0.900 bits per heavy atom. The van der Waals surface area contributed by atoms with Crippen LogP contribution in [0.1, 0.15) is 55.7 Å². The van der Waals surface area contributed by atoms with Crippen LogP contribution in [0.25, 0.3) is 0 Å². The van der Waals surface area contributed by atoms with Gasteiger partial charge in [-0.3, -0.25) is 24.6 Å². The Labute approximate surface area is 234 Å². The fourth-order valence-corrected chi connectivity index (χ4v) is 5.12. The maximum Gasteiger partial charge on any atom is 0.243 e. The summed E-state index contributed by atoms with van der Waals surface area (Å²) in [6.07, 6.45) is 8.53. The highest BCUT2D eigenvalue weighted by atomic mass is 16.2. The van der Waals surface area contributed by atoms with E-state index in [9.17, 15) is 19.2 Å². The molecular formula is C29H40N7O4+. The molecule has 1 aliphatic carbocycles. The quantitative estimate of drug-likeness (QED) is 0.124. The largest absolute Gasteiger partial charge is 0.384 e. The van der Waals surface area contributed by atoms with Crippen LogP contribution >= 0.6 is 0 Å². The third-order valence-electron chi connectivity index (χ3n) is 7.20. The molecule has 2 aromatic rings. The molecule has 8 N–H and O–H groups in total. The molecule has 1 saturated carbocycles. The van der Waals surface area contributed by atoms with Crippen molar-refractivity contribution in [2.75, 3.05) is 0 Å². The van der Waals surface area contributed by atoms with E-state index in [1.807, 2.05) is 36.1 Å². The van der Waals surface area contributed by atoms with E-state index >= 15 is 0 Å². The van der Waals surface area contributed by atoms with Gasteiger partial charge in [0.2, 0.25) is 23.6 Å². The molecule has 4 amide bonds. The van der Waals surface area contributed by atoms with E-state index < -0.39 is 35.8 Å². The van der Waals surface area contributed by atoms with Gasteiger partial charge in [-0.25, -0.2) is 4.57 Å². The number of pyridine rings is 1. The normalized spacial score (nSPS) is 15.8. The topological polar surface area (TPSA) is 184 Å². The molecule has 1 aliphatic rings. The zero-order valence-electron chi connectivity index (χ0n) is 23.1. The van der Waals surface area contributed by atoms with E-state index in [0.29, 0.717) is 5.56 Å².